The Morgan fingerprint density at radius 3 is 2.52 bits per heavy atom. The molecule has 2 aliphatic heterocycles. The van der Waals surface area contributed by atoms with Gasteiger partial charge in [0, 0.05) is 25.3 Å². The molecule has 21 heavy (non-hydrogen) atoms. The Balaban J connectivity index is 0.00000161. The fourth-order valence-electron chi connectivity index (χ4n) is 3.32. The number of nitrogens with zero attached hydrogens (tertiary/aromatic N) is 1. The van der Waals surface area contributed by atoms with Crippen LogP contribution < -0.4 is 10.9 Å². The second-order valence-corrected chi connectivity index (χ2v) is 6.10. The molecule has 2 saturated heterocycles. The molecule has 0 radical (unpaired) electrons. The minimum atomic E-state index is -0.280. The molecule has 2 aliphatic rings. The summed E-state index contributed by atoms with van der Waals surface area (Å²) in [6.07, 6.45) is 3.28. The van der Waals surface area contributed by atoms with E-state index in [9.17, 15) is 9.59 Å². The van der Waals surface area contributed by atoms with Crippen LogP contribution in [0.1, 0.15) is 35.3 Å². The maximum Gasteiger partial charge on any atom is 0.260 e. The normalized spacial score (nSPS) is 20.3. The molecule has 0 unspecified atom stereocenters. The predicted octanol–water partition coefficient (Wildman–Crippen LogP) is 1.32. The first-order valence-electron chi connectivity index (χ1n) is 7.30. The fourth-order valence-corrected chi connectivity index (χ4v) is 3.32. The third-order valence-corrected chi connectivity index (χ3v) is 4.73. The summed E-state index contributed by atoms with van der Waals surface area (Å²) in [4.78, 5) is 28.8. The van der Waals surface area contributed by atoms with E-state index in [1.165, 1.54) is 6.42 Å². The molecule has 2 fully saturated rings. The van der Waals surface area contributed by atoms with Crippen LogP contribution in [-0.4, -0.2) is 42.0 Å². The lowest BCUT2D eigenvalue weighted by Crippen LogP contribution is -2.45. The second kappa shape index (κ2) is 6.20. The van der Waals surface area contributed by atoms with Crippen LogP contribution in [0.2, 0.25) is 0 Å². The number of carbonyl (C=O) groups excluding carboxylic acids is 1. The maximum atomic E-state index is 12.4. The summed E-state index contributed by atoms with van der Waals surface area (Å²) in [7, 11) is 0. The average molecular weight is 312 g/mol. The number of pyridine rings is 1. The number of likely N-dealkylation sites (tertiary alicyclic amines) is 1. The summed E-state index contributed by atoms with van der Waals surface area (Å²) in [5.41, 5.74) is 1.14. The van der Waals surface area contributed by atoms with E-state index in [1.807, 2.05) is 11.8 Å². The van der Waals surface area contributed by atoms with Crippen molar-refractivity contribution in [2.75, 3.05) is 26.2 Å². The van der Waals surface area contributed by atoms with E-state index in [0.717, 1.165) is 44.7 Å². The van der Waals surface area contributed by atoms with E-state index in [1.54, 1.807) is 12.1 Å². The molecule has 6 heteroatoms. The van der Waals surface area contributed by atoms with Gasteiger partial charge in [-0.2, -0.15) is 0 Å². The first kappa shape index (κ1) is 16.0. The van der Waals surface area contributed by atoms with Gasteiger partial charge in [-0.15, -0.1) is 12.4 Å². The molecule has 0 aromatic carbocycles. The summed E-state index contributed by atoms with van der Waals surface area (Å²) in [5, 5.41) is 3.42. The number of H-pyrrole nitrogens is 1. The summed E-state index contributed by atoms with van der Waals surface area (Å²) < 4.78 is 0. The number of aryl methyl sites for hydroxylation is 1. The minimum absolute atomic E-state index is 0. The average Bonchev–Trinajstić information content (AvgIpc) is 2.87. The van der Waals surface area contributed by atoms with Crippen molar-refractivity contribution in [3.63, 3.8) is 0 Å². The smallest absolute Gasteiger partial charge is 0.260 e. The van der Waals surface area contributed by atoms with Crippen molar-refractivity contribution in [1.29, 1.82) is 0 Å². The van der Waals surface area contributed by atoms with Gasteiger partial charge in [0.25, 0.3) is 11.5 Å². The molecule has 0 aliphatic carbocycles. The Morgan fingerprint density at radius 1 is 1.24 bits per heavy atom. The van der Waals surface area contributed by atoms with E-state index >= 15 is 0 Å². The standard InChI is InChI=1S/C15H21N3O2.ClH/c1-11-2-3-12(13(19)17-11)14(20)18-8-5-15(6-9-18)4-7-16-10-15;/h2-3,16H,4-10H2,1H3,(H,17,19);1H. The van der Waals surface area contributed by atoms with Crippen LogP contribution in [-0.2, 0) is 0 Å². The van der Waals surface area contributed by atoms with Crippen molar-refractivity contribution < 1.29 is 4.79 Å². The van der Waals surface area contributed by atoms with Crippen molar-refractivity contribution in [3.05, 3.63) is 33.7 Å². The van der Waals surface area contributed by atoms with Crippen LogP contribution in [0, 0.1) is 12.3 Å². The lowest BCUT2D eigenvalue weighted by atomic mass is 9.78. The molecule has 1 spiro atoms. The zero-order valence-electron chi connectivity index (χ0n) is 12.3. The molecule has 0 atom stereocenters. The Labute approximate surface area is 130 Å². The third-order valence-electron chi connectivity index (χ3n) is 4.73. The summed E-state index contributed by atoms with van der Waals surface area (Å²) in [6, 6.07) is 3.42. The molecule has 3 rings (SSSR count). The molecule has 3 heterocycles. The van der Waals surface area contributed by atoms with Gasteiger partial charge in [0.05, 0.1) is 0 Å². The van der Waals surface area contributed by atoms with Gasteiger partial charge in [0.2, 0.25) is 0 Å². The zero-order chi connectivity index (χ0) is 14.2. The van der Waals surface area contributed by atoms with Crippen molar-refractivity contribution >= 4 is 18.3 Å². The lowest BCUT2D eigenvalue weighted by molar-refractivity contribution is 0.0606. The Kier molecular flexibility index (Phi) is 4.74. The van der Waals surface area contributed by atoms with Crippen LogP contribution >= 0.6 is 12.4 Å². The van der Waals surface area contributed by atoms with Crippen molar-refractivity contribution in [3.8, 4) is 0 Å². The molecule has 1 amide bonds. The van der Waals surface area contributed by atoms with E-state index < -0.39 is 0 Å². The fraction of sp³-hybridized carbons (Fsp3) is 0.600. The van der Waals surface area contributed by atoms with E-state index in [2.05, 4.69) is 10.3 Å². The highest BCUT2D eigenvalue weighted by Crippen LogP contribution is 2.37. The number of hydrogen-bond donors (Lipinski definition) is 2. The van der Waals surface area contributed by atoms with Crippen molar-refractivity contribution in [2.45, 2.75) is 26.2 Å². The van der Waals surface area contributed by atoms with Gasteiger partial charge >= 0.3 is 0 Å². The Morgan fingerprint density at radius 2 is 1.95 bits per heavy atom. The highest BCUT2D eigenvalue weighted by atomic mass is 35.5. The summed E-state index contributed by atoms with van der Waals surface area (Å²) >= 11 is 0. The highest BCUT2D eigenvalue weighted by Gasteiger charge is 2.38. The predicted molar refractivity (Wildman–Crippen MR) is 84.1 cm³/mol. The third kappa shape index (κ3) is 3.14. The molecule has 0 saturated carbocycles. The Hall–Kier alpha value is -1.33. The number of aromatic nitrogens is 1. The number of halogens is 1. The van der Waals surface area contributed by atoms with Crippen LogP contribution in [0.3, 0.4) is 0 Å². The summed E-state index contributed by atoms with van der Waals surface area (Å²) in [5.74, 6) is -0.132. The van der Waals surface area contributed by atoms with E-state index in [-0.39, 0.29) is 29.4 Å². The van der Waals surface area contributed by atoms with Crippen molar-refractivity contribution in [2.24, 2.45) is 5.41 Å². The van der Waals surface area contributed by atoms with Gasteiger partial charge in [-0.25, -0.2) is 0 Å². The van der Waals surface area contributed by atoms with Gasteiger partial charge in [0.15, 0.2) is 0 Å². The zero-order valence-corrected chi connectivity index (χ0v) is 13.1. The van der Waals surface area contributed by atoms with Crippen LogP contribution in [0.15, 0.2) is 16.9 Å². The van der Waals surface area contributed by atoms with Crippen LogP contribution in [0.4, 0.5) is 0 Å². The molecule has 2 N–H and O–H groups in total. The van der Waals surface area contributed by atoms with Gasteiger partial charge in [-0.1, -0.05) is 0 Å². The van der Waals surface area contributed by atoms with Crippen molar-refractivity contribution in [1.82, 2.24) is 15.2 Å². The minimum Gasteiger partial charge on any atom is -0.338 e. The largest absolute Gasteiger partial charge is 0.338 e. The van der Waals surface area contributed by atoms with Gasteiger partial charge in [-0.3, -0.25) is 9.59 Å². The number of piperidine rings is 1. The van der Waals surface area contributed by atoms with E-state index in [0.29, 0.717) is 5.41 Å². The highest BCUT2D eigenvalue weighted by molar-refractivity contribution is 5.93. The number of nitrogens with one attached hydrogen (secondary N) is 2. The first-order chi connectivity index (χ1) is 9.60. The Bertz CT molecular complexity index is 569. The van der Waals surface area contributed by atoms with Gasteiger partial charge < -0.3 is 15.2 Å². The maximum absolute atomic E-state index is 12.4. The quantitative estimate of drug-likeness (QED) is 0.822. The molecule has 116 valence electrons. The lowest BCUT2D eigenvalue weighted by Gasteiger charge is -2.38. The van der Waals surface area contributed by atoms with Crippen LogP contribution in [0.25, 0.3) is 0 Å². The molecule has 1 aromatic rings. The molecular formula is C15H22ClN3O2. The number of carbonyl (C=O) groups is 1. The molecule has 0 bridgehead atoms. The van der Waals surface area contributed by atoms with Gasteiger partial charge in [0.1, 0.15) is 5.56 Å². The number of aromatic amines is 1. The topological polar surface area (TPSA) is 65.2 Å². The van der Waals surface area contributed by atoms with Gasteiger partial charge in [-0.05, 0) is 50.3 Å². The molecular weight excluding hydrogens is 290 g/mol. The molecule has 5 nitrogen and oxygen atoms in total. The monoisotopic (exact) mass is 311 g/mol. The van der Waals surface area contributed by atoms with Crippen LogP contribution in [0.5, 0.6) is 0 Å². The SMILES string of the molecule is Cc1ccc(C(=O)N2CCC3(CCNC3)CC2)c(=O)[nH]1.Cl. The first-order valence-corrected chi connectivity index (χ1v) is 7.30. The number of hydrogen-bond acceptors (Lipinski definition) is 3. The van der Waals surface area contributed by atoms with E-state index in [4.69, 9.17) is 0 Å². The number of amides is 1. The summed E-state index contributed by atoms with van der Waals surface area (Å²) in [6.45, 7) is 5.49. The number of rotatable bonds is 1. The second-order valence-electron chi connectivity index (χ2n) is 6.10. The molecule has 1 aromatic heterocycles.